The SMILES string of the molecule is Cc1ccc(CC(Br)c2ccc(C)s2)nc1. The van der Waals surface area contributed by atoms with E-state index in [4.69, 9.17) is 0 Å². The number of rotatable bonds is 3. The molecule has 0 radical (unpaired) electrons. The Hall–Kier alpha value is -0.670. The van der Waals surface area contributed by atoms with E-state index < -0.39 is 0 Å². The second-order valence-electron chi connectivity index (χ2n) is 3.95. The van der Waals surface area contributed by atoms with Gasteiger partial charge >= 0.3 is 0 Å². The van der Waals surface area contributed by atoms with Gasteiger partial charge in [-0.2, -0.15) is 0 Å². The Morgan fingerprint density at radius 3 is 2.62 bits per heavy atom. The van der Waals surface area contributed by atoms with Gasteiger partial charge in [-0.3, -0.25) is 4.98 Å². The molecular weight excluding hydrogens is 282 g/mol. The summed E-state index contributed by atoms with van der Waals surface area (Å²) in [6.07, 6.45) is 2.87. The van der Waals surface area contributed by atoms with Crippen LogP contribution in [-0.4, -0.2) is 4.98 Å². The highest BCUT2D eigenvalue weighted by atomic mass is 79.9. The van der Waals surface area contributed by atoms with Gasteiger partial charge in [0.1, 0.15) is 0 Å². The molecule has 1 unspecified atom stereocenters. The second kappa shape index (κ2) is 5.11. The first-order chi connectivity index (χ1) is 7.65. The van der Waals surface area contributed by atoms with Gasteiger partial charge in [0.2, 0.25) is 0 Å². The van der Waals surface area contributed by atoms with E-state index >= 15 is 0 Å². The molecule has 2 rings (SSSR count). The van der Waals surface area contributed by atoms with Gasteiger partial charge in [0.15, 0.2) is 0 Å². The van der Waals surface area contributed by atoms with Crippen LogP contribution in [-0.2, 0) is 6.42 Å². The summed E-state index contributed by atoms with van der Waals surface area (Å²) in [5, 5.41) is 0. The van der Waals surface area contributed by atoms with Crippen molar-refractivity contribution in [2.75, 3.05) is 0 Å². The van der Waals surface area contributed by atoms with Crippen LogP contribution >= 0.6 is 27.3 Å². The van der Waals surface area contributed by atoms with Crippen LogP contribution in [0.1, 0.15) is 25.8 Å². The lowest BCUT2D eigenvalue weighted by molar-refractivity contribution is 0.917. The molecule has 2 heterocycles. The normalized spacial score (nSPS) is 12.7. The second-order valence-corrected chi connectivity index (χ2v) is 6.37. The van der Waals surface area contributed by atoms with Crippen LogP contribution in [0, 0.1) is 13.8 Å². The van der Waals surface area contributed by atoms with Crippen LogP contribution in [0.4, 0.5) is 0 Å². The summed E-state index contributed by atoms with van der Waals surface area (Å²) in [6, 6.07) is 8.57. The molecule has 0 amide bonds. The molecule has 3 heteroatoms. The molecule has 2 aromatic rings. The lowest BCUT2D eigenvalue weighted by Gasteiger charge is -2.06. The topological polar surface area (TPSA) is 12.9 Å². The molecule has 0 aromatic carbocycles. The lowest BCUT2D eigenvalue weighted by Crippen LogP contribution is -1.95. The number of nitrogens with zero attached hydrogens (tertiary/aromatic N) is 1. The number of hydrogen-bond donors (Lipinski definition) is 0. The zero-order chi connectivity index (χ0) is 11.5. The summed E-state index contributed by atoms with van der Waals surface area (Å²) in [4.78, 5) is 7.53. The number of aryl methyl sites for hydroxylation is 2. The van der Waals surface area contributed by atoms with Crippen molar-refractivity contribution in [1.82, 2.24) is 4.98 Å². The molecule has 0 saturated heterocycles. The van der Waals surface area contributed by atoms with Crippen LogP contribution < -0.4 is 0 Å². The van der Waals surface area contributed by atoms with E-state index in [1.54, 1.807) is 0 Å². The first-order valence-corrected chi connectivity index (χ1v) is 7.00. The van der Waals surface area contributed by atoms with E-state index in [0.717, 1.165) is 12.1 Å². The van der Waals surface area contributed by atoms with Crippen molar-refractivity contribution >= 4 is 27.3 Å². The van der Waals surface area contributed by atoms with Gasteiger partial charge in [-0.25, -0.2) is 0 Å². The Balaban J connectivity index is 2.07. The zero-order valence-electron chi connectivity index (χ0n) is 9.40. The minimum Gasteiger partial charge on any atom is -0.261 e. The molecule has 84 valence electrons. The average Bonchev–Trinajstić information content (AvgIpc) is 2.68. The number of hydrogen-bond acceptors (Lipinski definition) is 2. The van der Waals surface area contributed by atoms with Crippen LogP contribution in [0.5, 0.6) is 0 Å². The van der Waals surface area contributed by atoms with E-state index in [2.05, 4.69) is 59.0 Å². The first kappa shape index (κ1) is 11.8. The molecule has 0 saturated carbocycles. The fraction of sp³-hybridized carbons (Fsp3) is 0.308. The fourth-order valence-corrected chi connectivity index (χ4v) is 3.14. The third kappa shape index (κ3) is 2.92. The Labute approximate surface area is 109 Å². The summed E-state index contributed by atoms with van der Waals surface area (Å²) in [5.74, 6) is 0. The molecule has 0 spiro atoms. The molecule has 0 aliphatic carbocycles. The Kier molecular flexibility index (Phi) is 3.77. The maximum absolute atomic E-state index is 4.43. The maximum Gasteiger partial charge on any atom is 0.0544 e. The van der Waals surface area contributed by atoms with Crippen LogP contribution in [0.2, 0.25) is 0 Å². The van der Waals surface area contributed by atoms with Crippen molar-refractivity contribution in [1.29, 1.82) is 0 Å². The molecule has 0 N–H and O–H groups in total. The molecule has 1 nitrogen and oxygen atoms in total. The van der Waals surface area contributed by atoms with Crippen molar-refractivity contribution in [3.8, 4) is 0 Å². The average molecular weight is 296 g/mol. The molecule has 0 fully saturated rings. The monoisotopic (exact) mass is 295 g/mol. The molecule has 1 atom stereocenters. The molecule has 0 bridgehead atoms. The third-order valence-corrected chi connectivity index (χ3v) is 4.67. The third-order valence-electron chi connectivity index (χ3n) is 2.43. The van der Waals surface area contributed by atoms with Crippen molar-refractivity contribution in [3.05, 3.63) is 51.5 Å². The number of alkyl halides is 1. The summed E-state index contributed by atoms with van der Waals surface area (Å²) in [7, 11) is 0. The predicted molar refractivity (Wildman–Crippen MR) is 73.4 cm³/mol. The Morgan fingerprint density at radius 2 is 2.06 bits per heavy atom. The van der Waals surface area contributed by atoms with E-state index in [1.807, 2.05) is 17.5 Å². The minimum absolute atomic E-state index is 0.376. The predicted octanol–water partition coefficient (Wildman–Crippen LogP) is 4.44. The molecular formula is C13H14BrNS. The van der Waals surface area contributed by atoms with E-state index in [0.29, 0.717) is 4.83 Å². The van der Waals surface area contributed by atoms with E-state index in [9.17, 15) is 0 Å². The highest BCUT2D eigenvalue weighted by Gasteiger charge is 2.10. The lowest BCUT2D eigenvalue weighted by atomic mass is 10.2. The van der Waals surface area contributed by atoms with Gasteiger partial charge < -0.3 is 0 Å². The van der Waals surface area contributed by atoms with Crippen molar-refractivity contribution in [2.45, 2.75) is 25.1 Å². The van der Waals surface area contributed by atoms with E-state index in [1.165, 1.54) is 15.3 Å². The first-order valence-electron chi connectivity index (χ1n) is 5.27. The van der Waals surface area contributed by atoms with Gasteiger partial charge in [-0.05, 0) is 37.6 Å². The van der Waals surface area contributed by atoms with Gasteiger partial charge in [0, 0.05) is 28.1 Å². The highest BCUT2D eigenvalue weighted by molar-refractivity contribution is 9.09. The van der Waals surface area contributed by atoms with Crippen molar-refractivity contribution in [2.24, 2.45) is 0 Å². The van der Waals surface area contributed by atoms with Crippen LogP contribution in [0.3, 0.4) is 0 Å². The zero-order valence-corrected chi connectivity index (χ0v) is 11.8. The van der Waals surface area contributed by atoms with Gasteiger partial charge in [-0.1, -0.05) is 22.0 Å². The standard InChI is InChI=1S/C13H14BrNS/c1-9-3-5-11(15-8-9)7-12(14)13-6-4-10(2)16-13/h3-6,8,12H,7H2,1-2H3. The van der Waals surface area contributed by atoms with Gasteiger partial charge in [0.05, 0.1) is 4.83 Å². The number of thiophene rings is 1. The summed E-state index contributed by atoms with van der Waals surface area (Å²) in [6.45, 7) is 4.20. The molecule has 2 aromatic heterocycles. The molecule has 0 aliphatic heterocycles. The number of pyridine rings is 1. The summed E-state index contributed by atoms with van der Waals surface area (Å²) < 4.78 is 0. The van der Waals surface area contributed by atoms with Crippen LogP contribution in [0.25, 0.3) is 0 Å². The largest absolute Gasteiger partial charge is 0.261 e. The van der Waals surface area contributed by atoms with Crippen molar-refractivity contribution in [3.63, 3.8) is 0 Å². The maximum atomic E-state index is 4.43. The quantitative estimate of drug-likeness (QED) is 0.763. The summed E-state index contributed by atoms with van der Waals surface area (Å²) >= 11 is 5.57. The minimum atomic E-state index is 0.376. The van der Waals surface area contributed by atoms with Crippen LogP contribution in [0.15, 0.2) is 30.5 Å². The molecule has 16 heavy (non-hydrogen) atoms. The van der Waals surface area contributed by atoms with E-state index in [-0.39, 0.29) is 0 Å². The number of aromatic nitrogens is 1. The Bertz CT molecular complexity index is 461. The highest BCUT2D eigenvalue weighted by Crippen LogP contribution is 2.31. The Morgan fingerprint density at radius 1 is 1.25 bits per heavy atom. The van der Waals surface area contributed by atoms with Crippen molar-refractivity contribution < 1.29 is 0 Å². The smallest absolute Gasteiger partial charge is 0.0544 e. The number of halogens is 1. The molecule has 0 aliphatic rings. The van der Waals surface area contributed by atoms with Gasteiger partial charge in [0.25, 0.3) is 0 Å². The van der Waals surface area contributed by atoms with Gasteiger partial charge in [-0.15, -0.1) is 11.3 Å². The summed E-state index contributed by atoms with van der Waals surface area (Å²) in [5.41, 5.74) is 2.35. The fourth-order valence-electron chi connectivity index (χ4n) is 1.53.